The van der Waals surface area contributed by atoms with Crippen LogP contribution >= 0.6 is 15.9 Å². The van der Waals surface area contributed by atoms with E-state index in [4.69, 9.17) is 0 Å². The second-order valence-electron chi connectivity index (χ2n) is 5.67. The highest BCUT2D eigenvalue weighted by molar-refractivity contribution is 9.11. The van der Waals surface area contributed by atoms with Crippen LogP contribution in [0.5, 0.6) is 0 Å². The van der Waals surface area contributed by atoms with E-state index in [0.717, 1.165) is 49.5 Å². The third-order valence-corrected chi connectivity index (χ3v) is 4.14. The van der Waals surface area contributed by atoms with Gasteiger partial charge < -0.3 is 15.5 Å². The van der Waals surface area contributed by atoms with Gasteiger partial charge in [0.1, 0.15) is 0 Å². The summed E-state index contributed by atoms with van der Waals surface area (Å²) in [6.45, 7) is 9.99. The molecule has 0 saturated carbocycles. The molecule has 0 aliphatic carbocycles. The lowest BCUT2D eigenvalue weighted by Gasteiger charge is -2.40. The number of hydrogen-bond acceptors (Lipinski definition) is 2. The Kier molecular flexibility index (Phi) is 5.07. The lowest BCUT2D eigenvalue weighted by molar-refractivity contribution is -0.119. The van der Waals surface area contributed by atoms with Gasteiger partial charge in [-0.05, 0) is 19.8 Å². The molecule has 20 heavy (non-hydrogen) atoms. The van der Waals surface area contributed by atoms with Crippen LogP contribution in [0.25, 0.3) is 0 Å². The van der Waals surface area contributed by atoms with Crippen LogP contribution in [-0.2, 0) is 4.79 Å². The van der Waals surface area contributed by atoms with Crippen LogP contribution in [-0.4, -0.2) is 49.5 Å². The maximum absolute atomic E-state index is 11.5. The van der Waals surface area contributed by atoms with E-state index < -0.39 is 0 Å². The van der Waals surface area contributed by atoms with Gasteiger partial charge in [-0.25, -0.2) is 4.99 Å². The van der Waals surface area contributed by atoms with Crippen LogP contribution in [0.2, 0.25) is 0 Å². The Bertz CT molecular complexity index is 423. The molecule has 2 saturated heterocycles. The molecule has 112 valence electrons. The first-order valence-electron chi connectivity index (χ1n) is 7.18. The molecule has 0 radical (unpaired) electrons. The minimum Gasteiger partial charge on any atom is -0.357 e. The fourth-order valence-corrected chi connectivity index (χ4v) is 3.14. The summed E-state index contributed by atoms with van der Waals surface area (Å²) < 4.78 is 0.873. The zero-order valence-corrected chi connectivity index (χ0v) is 13.6. The number of rotatable bonds is 3. The van der Waals surface area contributed by atoms with Crippen LogP contribution < -0.4 is 10.6 Å². The van der Waals surface area contributed by atoms with Crippen molar-refractivity contribution in [2.75, 3.05) is 32.7 Å². The van der Waals surface area contributed by atoms with Crippen molar-refractivity contribution < 1.29 is 4.79 Å². The predicted octanol–water partition coefficient (Wildman–Crippen LogP) is 1.46. The largest absolute Gasteiger partial charge is 0.357 e. The summed E-state index contributed by atoms with van der Waals surface area (Å²) in [4.78, 5) is 18.4. The lowest BCUT2D eigenvalue weighted by atomic mass is 9.79. The minimum absolute atomic E-state index is 0.0942. The van der Waals surface area contributed by atoms with Crippen molar-refractivity contribution in [3.8, 4) is 0 Å². The van der Waals surface area contributed by atoms with Crippen molar-refractivity contribution in [1.82, 2.24) is 15.5 Å². The molecule has 1 spiro atoms. The predicted molar refractivity (Wildman–Crippen MR) is 84.9 cm³/mol. The van der Waals surface area contributed by atoms with Crippen molar-refractivity contribution in [2.24, 2.45) is 10.4 Å². The molecule has 2 N–H and O–H groups in total. The molecular formula is C14H23BrN4O. The number of likely N-dealkylation sites (tertiary alicyclic amines) is 1. The smallest absolute Gasteiger partial charge is 0.220 e. The van der Waals surface area contributed by atoms with E-state index >= 15 is 0 Å². The summed E-state index contributed by atoms with van der Waals surface area (Å²) in [6.07, 6.45) is 2.87. The average molecular weight is 343 g/mol. The van der Waals surface area contributed by atoms with Crippen molar-refractivity contribution >= 4 is 27.8 Å². The Hall–Kier alpha value is -1.04. The standard InChI is InChI=1S/C14H23BrN4O/c1-3-16-13(17-8-11(2)15)19-6-4-5-14(10-19)7-12(20)18-9-14/h2-10H2,1H3,(H,16,17)(H,18,20). The first kappa shape index (κ1) is 15.4. The highest BCUT2D eigenvalue weighted by atomic mass is 79.9. The van der Waals surface area contributed by atoms with Gasteiger partial charge in [0.15, 0.2) is 5.96 Å². The molecule has 0 aromatic rings. The maximum Gasteiger partial charge on any atom is 0.220 e. The van der Waals surface area contributed by atoms with E-state index in [0.29, 0.717) is 13.0 Å². The average Bonchev–Trinajstić information content (AvgIpc) is 2.75. The van der Waals surface area contributed by atoms with Crippen LogP contribution in [0.3, 0.4) is 0 Å². The number of aliphatic imine (C=N–C) groups is 1. The molecule has 5 nitrogen and oxygen atoms in total. The van der Waals surface area contributed by atoms with Gasteiger partial charge in [0, 0.05) is 42.5 Å². The third-order valence-electron chi connectivity index (χ3n) is 3.89. The van der Waals surface area contributed by atoms with Crippen LogP contribution in [0.15, 0.2) is 16.1 Å². The van der Waals surface area contributed by atoms with Crippen molar-refractivity contribution in [2.45, 2.75) is 26.2 Å². The molecule has 0 aromatic heterocycles. The number of nitrogens with one attached hydrogen (secondary N) is 2. The molecular weight excluding hydrogens is 320 g/mol. The second-order valence-corrected chi connectivity index (χ2v) is 6.79. The fraction of sp³-hybridized carbons (Fsp3) is 0.714. The van der Waals surface area contributed by atoms with Crippen molar-refractivity contribution in [3.05, 3.63) is 11.1 Å². The number of guanidine groups is 1. The molecule has 2 rings (SSSR count). The first-order chi connectivity index (χ1) is 9.54. The summed E-state index contributed by atoms with van der Waals surface area (Å²) in [6, 6.07) is 0. The zero-order valence-electron chi connectivity index (χ0n) is 12.0. The number of amides is 1. The summed E-state index contributed by atoms with van der Waals surface area (Å²) in [5.41, 5.74) is 0.0942. The van der Waals surface area contributed by atoms with Crippen molar-refractivity contribution in [1.29, 1.82) is 0 Å². The number of carbonyl (C=O) groups is 1. The van der Waals surface area contributed by atoms with Gasteiger partial charge >= 0.3 is 0 Å². The second kappa shape index (κ2) is 6.61. The van der Waals surface area contributed by atoms with Gasteiger partial charge in [0.2, 0.25) is 5.91 Å². The molecule has 0 bridgehead atoms. The SMILES string of the molecule is C=C(Br)CN=C(NCC)N1CCCC2(CNC(=O)C2)C1. The topological polar surface area (TPSA) is 56.7 Å². The van der Waals surface area contributed by atoms with Crippen LogP contribution in [0.1, 0.15) is 26.2 Å². The Morgan fingerprint density at radius 1 is 1.65 bits per heavy atom. The molecule has 2 heterocycles. The monoisotopic (exact) mass is 342 g/mol. The summed E-state index contributed by atoms with van der Waals surface area (Å²) in [5, 5.41) is 6.31. The number of carbonyl (C=O) groups excluding carboxylic acids is 1. The molecule has 2 fully saturated rings. The van der Waals surface area contributed by atoms with Gasteiger partial charge in [-0.15, -0.1) is 0 Å². The molecule has 6 heteroatoms. The van der Waals surface area contributed by atoms with E-state index in [1.54, 1.807) is 0 Å². The van der Waals surface area contributed by atoms with Gasteiger partial charge in [-0.3, -0.25) is 4.79 Å². The van der Waals surface area contributed by atoms with Crippen LogP contribution in [0, 0.1) is 5.41 Å². The van der Waals surface area contributed by atoms with Gasteiger partial charge in [0.05, 0.1) is 6.54 Å². The lowest BCUT2D eigenvalue weighted by Crippen LogP contribution is -2.51. The molecule has 1 amide bonds. The minimum atomic E-state index is 0.0942. The van der Waals surface area contributed by atoms with Crippen LogP contribution in [0.4, 0.5) is 0 Å². The van der Waals surface area contributed by atoms with E-state index in [2.05, 4.69) is 50.0 Å². The highest BCUT2D eigenvalue weighted by Gasteiger charge is 2.42. The molecule has 1 atom stereocenters. The quantitative estimate of drug-likeness (QED) is 0.603. The zero-order chi connectivity index (χ0) is 14.6. The number of nitrogens with zero attached hydrogens (tertiary/aromatic N) is 2. The Morgan fingerprint density at radius 3 is 3.05 bits per heavy atom. The van der Waals surface area contributed by atoms with E-state index in [9.17, 15) is 4.79 Å². The first-order valence-corrected chi connectivity index (χ1v) is 7.97. The summed E-state index contributed by atoms with van der Waals surface area (Å²) in [7, 11) is 0. The number of piperidine rings is 1. The summed E-state index contributed by atoms with van der Waals surface area (Å²) in [5.74, 6) is 1.11. The summed E-state index contributed by atoms with van der Waals surface area (Å²) >= 11 is 3.34. The number of hydrogen-bond donors (Lipinski definition) is 2. The Labute approximate surface area is 129 Å². The Balaban J connectivity index is 2.07. The normalized spacial score (nSPS) is 26.8. The molecule has 1 unspecified atom stereocenters. The van der Waals surface area contributed by atoms with E-state index in [-0.39, 0.29) is 11.3 Å². The van der Waals surface area contributed by atoms with Gasteiger partial charge in [0.25, 0.3) is 0 Å². The third kappa shape index (κ3) is 3.75. The van der Waals surface area contributed by atoms with E-state index in [1.807, 2.05) is 0 Å². The van der Waals surface area contributed by atoms with Crippen molar-refractivity contribution in [3.63, 3.8) is 0 Å². The Morgan fingerprint density at radius 2 is 2.45 bits per heavy atom. The van der Waals surface area contributed by atoms with Gasteiger partial charge in [-0.2, -0.15) is 0 Å². The van der Waals surface area contributed by atoms with Gasteiger partial charge in [-0.1, -0.05) is 22.5 Å². The maximum atomic E-state index is 11.5. The molecule has 0 aromatic carbocycles. The molecule has 2 aliphatic heterocycles. The molecule has 2 aliphatic rings. The van der Waals surface area contributed by atoms with E-state index in [1.165, 1.54) is 0 Å². The number of halogens is 1. The fourth-order valence-electron chi connectivity index (χ4n) is 3.02. The highest BCUT2D eigenvalue weighted by Crippen LogP contribution is 2.35.